The highest BCUT2D eigenvalue weighted by Gasteiger charge is 2.40. The van der Waals surface area contributed by atoms with Crippen molar-refractivity contribution in [1.29, 1.82) is 0 Å². The number of ether oxygens (including phenoxy) is 1. The van der Waals surface area contributed by atoms with Crippen LogP contribution in [0.5, 0.6) is 0 Å². The van der Waals surface area contributed by atoms with E-state index < -0.39 is 11.9 Å². The summed E-state index contributed by atoms with van der Waals surface area (Å²) in [5.41, 5.74) is 0. The number of benzene rings is 1. The molecule has 2 saturated heterocycles. The van der Waals surface area contributed by atoms with Crippen molar-refractivity contribution in [3.05, 3.63) is 41.4 Å². The van der Waals surface area contributed by atoms with E-state index in [1.54, 1.807) is 11.8 Å². The Kier molecular flexibility index (Phi) is 10.1. The van der Waals surface area contributed by atoms with Gasteiger partial charge in [-0.1, -0.05) is 25.4 Å². The van der Waals surface area contributed by atoms with Gasteiger partial charge in [-0.25, -0.2) is 9.59 Å². The molecule has 2 fully saturated rings. The van der Waals surface area contributed by atoms with Crippen LogP contribution in [-0.4, -0.2) is 63.5 Å². The second-order valence-corrected chi connectivity index (χ2v) is 9.98. The van der Waals surface area contributed by atoms with Gasteiger partial charge in [0.1, 0.15) is 11.4 Å². The molecule has 7 nitrogen and oxygen atoms in total. The lowest BCUT2D eigenvalue weighted by atomic mass is 10.0. The molecule has 1 aromatic rings. The van der Waals surface area contributed by atoms with Crippen molar-refractivity contribution in [2.24, 2.45) is 5.92 Å². The van der Waals surface area contributed by atoms with E-state index in [0.717, 1.165) is 17.7 Å². The van der Waals surface area contributed by atoms with Crippen LogP contribution in [0.3, 0.4) is 0 Å². The van der Waals surface area contributed by atoms with Crippen LogP contribution in [0.15, 0.2) is 41.3 Å². The maximum Gasteiger partial charge on any atom is 0.328 e. The number of carboxylic acid groups (broad SMARTS) is 2. The molecule has 2 aliphatic rings. The Balaban J connectivity index is 0.000000390. The molecule has 2 heterocycles. The molecule has 2 N–H and O–H groups in total. The zero-order chi connectivity index (χ0) is 23.8. The maximum atomic E-state index is 12.8. The van der Waals surface area contributed by atoms with Gasteiger partial charge in [-0.2, -0.15) is 0 Å². The average molecular weight is 484 g/mol. The molecule has 0 radical (unpaired) electrons. The van der Waals surface area contributed by atoms with Gasteiger partial charge >= 0.3 is 17.9 Å². The molecule has 0 saturated carbocycles. The van der Waals surface area contributed by atoms with Gasteiger partial charge < -0.3 is 19.8 Å². The van der Waals surface area contributed by atoms with E-state index in [1.807, 2.05) is 24.3 Å². The third-order valence-corrected chi connectivity index (χ3v) is 7.41. The molecule has 3 rings (SSSR count). The largest absolute Gasteiger partial charge is 0.478 e. The minimum atomic E-state index is -1.26. The van der Waals surface area contributed by atoms with Crippen molar-refractivity contribution in [2.45, 2.75) is 67.9 Å². The van der Waals surface area contributed by atoms with Gasteiger partial charge in [0.2, 0.25) is 0 Å². The van der Waals surface area contributed by atoms with Gasteiger partial charge in [0.25, 0.3) is 0 Å². The van der Waals surface area contributed by atoms with Crippen molar-refractivity contribution in [3.63, 3.8) is 0 Å². The quantitative estimate of drug-likeness (QED) is 0.335. The summed E-state index contributed by atoms with van der Waals surface area (Å²) in [6, 6.07) is 8.82. The Hall–Kier alpha value is -2.03. The summed E-state index contributed by atoms with van der Waals surface area (Å²) in [6.07, 6.45) is 5.64. The summed E-state index contributed by atoms with van der Waals surface area (Å²) in [4.78, 5) is 35.4. The number of carbonyl (C=O) groups excluding carboxylic acids is 1. The highest BCUT2D eigenvalue weighted by Crippen LogP contribution is 2.37. The smallest absolute Gasteiger partial charge is 0.328 e. The first kappa shape index (κ1) is 26.2. The van der Waals surface area contributed by atoms with Crippen LogP contribution in [-0.2, 0) is 19.1 Å². The highest BCUT2D eigenvalue weighted by atomic mass is 35.5. The van der Waals surface area contributed by atoms with Crippen LogP contribution >= 0.6 is 23.4 Å². The summed E-state index contributed by atoms with van der Waals surface area (Å²) in [5.74, 6) is -2.36. The third kappa shape index (κ3) is 8.15. The van der Waals surface area contributed by atoms with E-state index in [-0.39, 0.29) is 23.2 Å². The first-order valence-electron chi connectivity index (χ1n) is 10.6. The summed E-state index contributed by atoms with van der Waals surface area (Å²) < 4.78 is 5.93. The number of thioether (sulfide) groups is 1. The second-order valence-electron chi connectivity index (χ2n) is 8.33. The van der Waals surface area contributed by atoms with Gasteiger partial charge in [0.15, 0.2) is 0 Å². The van der Waals surface area contributed by atoms with Crippen molar-refractivity contribution in [1.82, 2.24) is 4.90 Å². The maximum absolute atomic E-state index is 12.8. The van der Waals surface area contributed by atoms with E-state index in [2.05, 4.69) is 25.8 Å². The number of fused-ring (bicyclic) bond motifs is 2. The highest BCUT2D eigenvalue weighted by molar-refractivity contribution is 8.00. The number of nitrogens with zero attached hydrogens (tertiary/aromatic N) is 1. The summed E-state index contributed by atoms with van der Waals surface area (Å²) >= 11 is 7.52. The van der Waals surface area contributed by atoms with E-state index >= 15 is 0 Å². The van der Waals surface area contributed by atoms with Crippen molar-refractivity contribution in [3.8, 4) is 0 Å². The minimum Gasteiger partial charge on any atom is -0.478 e. The molecule has 1 aromatic carbocycles. The molecule has 2 bridgehead atoms. The lowest BCUT2D eigenvalue weighted by Gasteiger charge is -2.36. The Morgan fingerprint density at radius 3 is 2.00 bits per heavy atom. The molecular formula is C23H30ClNO6S. The first-order chi connectivity index (χ1) is 15.1. The minimum absolute atomic E-state index is 0.0705. The predicted octanol–water partition coefficient (Wildman–Crippen LogP) is 4.34. The third-order valence-electron chi connectivity index (χ3n) is 5.62. The van der Waals surface area contributed by atoms with E-state index in [4.69, 9.17) is 26.6 Å². The van der Waals surface area contributed by atoms with Gasteiger partial charge in [0, 0.05) is 34.2 Å². The molecule has 0 aliphatic carbocycles. The summed E-state index contributed by atoms with van der Waals surface area (Å²) in [6.45, 7) is 4.15. The van der Waals surface area contributed by atoms with Gasteiger partial charge in [-0.15, -0.1) is 11.8 Å². The van der Waals surface area contributed by atoms with E-state index in [0.29, 0.717) is 29.3 Å². The molecule has 9 heteroatoms. The number of piperidine rings is 1. The topological polar surface area (TPSA) is 104 Å². The fraction of sp³-hybridized carbons (Fsp3) is 0.522. The zero-order valence-corrected chi connectivity index (χ0v) is 20.0. The molecular weight excluding hydrogens is 454 g/mol. The number of carboxylic acids is 2. The summed E-state index contributed by atoms with van der Waals surface area (Å²) in [5, 5.41) is 16.2. The average Bonchev–Trinajstić information content (AvgIpc) is 2.92. The number of rotatable bonds is 7. The molecule has 0 aromatic heterocycles. The normalized spacial score (nSPS) is 23.5. The number of hydrogen-bond donors (Lipinski definition) is 2. The second kappa shape index (κ2) is 12.3. The van der Waals surface area contributed by atoms with Crippen molar-refractivity contribution < 1.29 is 29.3 Å². The van der Waals surface area contributed by atoms with Crippen molar-refractivity contribution >= 4 is 41.3 Å². The predicted molar refractivity (Wildman–Crippen MR) is 124 cm³/mol. The standard InChI is InChI=1S/C19H26ClNO2S.C4H4O4/c1-12(2)18(24-17-8-4-13(20)5-9-17)19(22)23-16-10-14-6-7-15(11-16)21(14)3;5-3(6)1-2-4(7)8/h4-5,8-9,12,14-16,18H,6-7,10-11H2,1-3H3;1-2H,(H,5,6)(H,7,8)/b;2-1-. The first-order valence-corrected chi connectivity index (χ1v) is 11.8. The van der Waals surface area contributed by atoms with Crippen molar-refractivity contribution in [2.75, 3.05) is 7.05 Å². The zero-order valence-electron chi connectivity index (χ0n) is 18.4. The molecule has 3 atom stereocenters. The molecule has 3 unspecified atom stereocenters. The van der Waals surface area contributed by atoms with Crippen LogP contribution in [0.1, 0.15) is 39.5 Å². The number of carbonyl (C=O) groups is 3. The summed E-state index contributed by atoms with van der Waals surface area (Å²) in [7, 11) is 2.20. The lowest BCUT2D eigenvalue weighted by molar-refractivity contribution is -0.152. The Bertz CT molecular complexity index is 798. The lowest BCUT2D eigenvalue weighted by Crippen LogP contribution is -2.44. The van der Waals surface area contributed by atoms with Crippen LogP contribution in [0, 0.1) is 5.92 Å². The molecule has 176 valence electrons. The van der Waals surface area contributed by atoms with Crippen LogP contribution in [0.25, 0.3) is 0 Å². The Labute approximate surface area is 197 Å². The van der Waals surface area contributed by atoms with Gasteiger partial charge in [-0.05, 0) is 62.9 Å². The Morgan fingerprint density at radius 1 is 1.06 bits per heavy atom. The van der Waals surface area contributed by atoms with Gasteiger partial charge in [0.05, 0.1) is 0 Å². The Morgan fingerprint density at radius 2 is 1.56 bits per heavy atom. The number of aliphatic carboxylic acids is 2. The monoisotopic (exact) mass is 483 g/mol. The number of esters is 1. The molecule has 0 amide bonds. The van der Waals surface area contributed by atoms with Crippen LogP contribution in [0.2, 0.25) is 5.02 Å². The van der Waals surface area contributed by atoms with Gasteiger partial charge in [-0.3, -0.25) is 4.79 Å². The fourth-order valence-corrected chi connectivity index (χ4v) is 5.08. The SMILES string of the molecule is CC(C)C(Sc1ccc(Cl)cc1)C(=O)OC1CC2CCC(C1)N2C.O=C(O)/C=C\C(=O)O. The molecule has 32 heavy (non-hydrogen) atoms. The van der Waals surface area contributed by atoms with Crippen LogP contribution < -0.4 is 0 Å². The number of halogens is 1. The van der Waals surface area contributed by atoms with Crippen LogP contribution in [0.4, 0.5) is 0 Å². The van der Waals surface area contributed by atoms with E-state index in [9.17, 15) is 14.4 Å². The fourth-order valence-electron chi connectivity index (χ4n) is 3.95. The van der Waals surface area contributed by atoms with E-state index in [1.165, 1.54) is 12.8 Å². The molecule has 2 aliphatic heterocycles. The number of hydrogen-bond acceptors (Lipinski definition) is 6. The molecule has 0 spiro atoms.